The van der Waals surface area contributed by atoms with E-state index in [1.54, 1.807) is 0 Å². The minimum Gasteiger partial charge on any atom is -0.342 e. The average Bonchev–Trinajstić information content (AvgIpc) is 3.10. The maximum atomic E-state index is 12.7. The van der Waals surface area contributed by atoms with Crippen molar-refractivity contribution in [1.29, 1.82) is 0 Å². The number of rotatable bonds is 2. The van der Waals surface area contributed by atoms with Crippen LogP contribution in [-0.2, 0) is 4.79 Å². The van der Waals surface area contributed by atoms with Gasteiger partial charge in [0.15, 0.2) is 0 Å². The highest BCUT2D eigenvalue weighted by molar-refractivity contribution is 5.81. The molecular weight excluding hydrogens is 348 g/mol. The lowest BCUT2D eigenvalue weighted by Crippen LogP contribution is -2.44. The lowest BCUT2D eigenvalue weighted by Gasteiger charge is -2.36. The number of aryl methyl sites for hydroxylation is 1. The zero-order valence-corrected chi connectivity index (χ0v) is 17.1. The average molecular weight is 377 g/mol. The first-order valence-corrected chi connectivity index (χ1v) is 10.0. The molecule has 0 bridgehead atoms. The van der Waals surface area contributed by atoms with E-state index >= 15 is 0 Å². The summed E-state index contributed by atoms with van der Waals surface area (Å²) in [5.41, 5.74) is 4.75. The number of carbonyl (C=O) groups is 1. The third kappa shape index (κ3) is 3.53. The van der Waals surface area contributed by atoms with Crippen molar-refractivity contribution in [3.8, 4) is 11.4 Å². The molecule has 3 aromatic heterocycles. The molecule has 5 heteroatoms. The Kier molecular flexibility index (Phi) is 4.69. The number of aromatic nitrogens is 3. The van der Waals surface area contributed by atoms with Crippen molar-refractivity contribution in [2.75, 3.05) is 13.1 Å². The largest absolute Gasteiger partial charge is 0.342 e. The molecule has 146 valence electrons. The molecule has 0 aromatic carbocycles. The van der Waals surface area contributed by atoms with Gasteiger partial charge in [-0.3, -0.25) is 14.2 Å². The predicted molar refractivity (Wildman–Crippen MR) is 111 cm³/mol. The molecule has 0 saturated carbocycles. The Morgan fingerprint density at radius 1 is 1.18 bits per heavy atom. The number of carbonyl (C=O) groups excluding carboxylic acids is 1. The Labute approximate surface area is 166 Å². The molecule has 28 heavy (non-hydrogen) atoms. The second kappa shape index (κ2) is 7.04. The summed E-state index contributed by atoms with van der Waals surface area (Å²) in [7, 11) is 0. The van der Waals surface area contributed by atoms with Gasteiger partial charge in [-0.2, -0.15) is 0 Å². The van der Waals surface area contributed by atoms with Crippen LogP contribution in [0.1, 0.15) is 50.8 Å². The van der Waals surface area contributed by atoms with Gasteiger partial charge in [0.25, 0.3) is 0 Å². The van der Waals surface area contributed by atoms with Gasteiger partial charge in [0.2, 0.25) is 5.91 Å². The Morgan fingerprint density at radius 2 is 2.00 bits per heavy atom. The van der Waals surface area contributed by atoms with Gasteiger partial charge < -0.3 is 4.90 Å². The lowest BCUT2D eigenvalue weighted by molar-refractivity contribution is -0.140. The van der Waals surface area contributed by atoms with Crippen LogP contribution < -0.4 is 0 Å². The lowest BCUT2D eigenvalue weighted by atomic mass is 9.89. The molecule has 4 heterocycles. The quantitative estimate of drug-likeness (QED) is 0.664. The first-order valence-electron chi connectivity index (χ1n) is 10.0. The second-order valence-corrected chi connectivity index (χ2v) is 8.87. The van der Waals surface area contributed by atoms with Gasteiger partial charge in [-0.1, -0.05) is 32.9 Å². The van der Waals surface area contributed by atoms with Crippen LogP contribution in [-0.4, -0.2) is 38.3 Å². The topological polar surface area (TPSA) is 50.5 Å². The summed E-state index contributed by atoms with van der Waals surface area (Å²) >= 11 is 0. The molecule has 0 aliphatic carbocycles. The van der Waals surface area contributed by atoms with E-state index in [9.17, 15) is 4.79 Å². The highest BCUT2D eigenvalue weighted by atomic mass is 16.2. The van der Waals surface area contributed by atoms with Crippen LogP contribution in [0.5, 0.6) is 0 Å². The smallest absolute Gasteiger partial charge is 0.227 e. The first kappa shape index (κ1) is 18.7. The number of likely N-dealkylation sites (tertiary alicyclic amines) is 1. The molecule has 0 N–H and O–H groups in total. The number of imidazole rings is 1. The fraction of sp³-hybridized carbons (Fsp3) is 0.435. The number of piperidine rings is 1. The van der Waals surface area contributed by atoms with Crippen LogP contribution in [0.3, 0.4) is 0 Å². The van der Waals surface area contributed by atoms with E-state index in [4.69, 9.17) is 4.98 Å². The fourth-order valence-electron chi connectivity index (χ4n) is 3.98. The van der Waals surface area contributed by atoms with Gasteiger partial charge in [0, 0.05) is 36.3 Å². The Morgan fingerprint density at radius 3 is 2.79 bits per heavy atom. The Bertz CT molecular complexity index is 1010. The summed E-state index contributed by atoms with van der Waals surface area (Å²) in [6.07, 6.45) is 6.07. The molecule has 1 aliphatic heterocycles. The number of hydrogen-bond donors (Lipinski definition) is 0. The third-order valence-electron chi connectivity index (χ3n) is 5.46. The third-order valence-corrected chi connectivity index (χ3v) is 5.46. The zero-order chi connectivity index (χ0) is 19.9. The molecule has 1 atom stereocenters. The van der Waals surface area contributed by atoms with Gasteiger partial charge in [-0.15, -0.1) is 0 Å². The summed E-state index contributed by atoms with van der Waals surface area (Å²) in [6.45, 7) is 9.65. The van der Waals surface area contributed by atoms with E-state index in [2.05, 4.69) is 40.7 Å². The SMILES string of the molecule is Cc1ccc2ncc(-c3cccc([C@H]4CCCN(C(=O)C(C)(C)C)C4)n3)n2c1. The van der Waals surface area contributed by atoms with Gasteiger partial charge >= 0.3 is 0 Å². The van der Waals surface area contributed by atoms with Crippen LogP contribution in [0.2, 0.25) is 0 Å². The van der Waals surface area contributed by atoms with E-state index < -0.39 is 0 Å². The predicted octanol–water partition coefficient (Wildman–Crippen LogP) is 4.46. The second-order valence-electron chi connectivity index (χ2n) is 8.87. The highest BCUT2D eigenvalue weighted by Crippen LogP contribution is 2.30. The van der Waals surface area contributed by atoms with Crippen molar-refractivity contribution in [3.05, 3.63) is 54.0 Å². The van der Waals surface area contributed by atoms with Crippen molar-refractivity contribution < 1.29 is 4.79 Å². The van der Waals surface area contributed by atoms with E-state index in [0.29, 0.717) is 0 Å². The fourth-order valence-corrected chi connectivity index (χ4v) is 3.98. The minimum absolute atomic E-state index is 0.227. The van der Waals surface area contributed by atoms with Crippen molar-refractivity contribution >= 4 is 11.6 Å². The van der Waals surface area contributed by atoms with Crippen molar-refractivity contribution in [2.24, 2.45) is 5.41 Å². The summed E-state index contributed by atoms with van der Waals surface area (Å²) in [5.74, 6) is 0.506. The van der Waals surface area contributed by atoms with Gasteiger partial charge in [0.05, 0.1) is 17.6 Å². The van der Waals surface area contributed by atoms with Crippen LogP contribution >= 0.6 is 0 Å². The van der Waals surface area contributed by atoms with E-state index in [1.165, 1.54) is 5.56 Å². The zero-order valence-electron chi connectivity index (χ0n) is 17.1. The standard InChI is InChI=1S/C23H28N4O/c1-16-10-11-21-24-13-20(27(21)14-16)19-9-5-8-18(25-19)17-7-6-12-26(15-17)22(28)23(2,3)4/h5,8-11,13-14,17H,6-7,12,15H2,1-4H3/t17-/m0/s1. The van der Waals surface area contributed by atoms with Gasteiger partial charge in [0.1, 0.15) is 5.65 Å². The van der Waals surface area contributed by atoms with Gasteiger partial charge in [-0.25, -0.2) is 4.98 Å². The van der Waals surface area contributed by atoms with E-state index in [-0.39, 0.29) is 17.2 Å². The number of amides is 1. The number of pyridine rings is 2. The molecule has 5 nitrogen and oxygen atoms in total. The molecule has 0 spiro atoms. The van der Waals surface area contributed by atoms with Crippen molar-refractivity contribution in [1.82, 2.24) is 19.3 Å². The number of nitrogens with zero attached hydrogens (tertiary/aromatic N) is 4. The molecule has 1 amide bonds. The van der Waals surface area contributed by atoms with E-state index in [1.807, 2.05) is 44.0 Å². The van der Waals surface area contributed by atoms with E-state index in [0.717, 1.165) is 48.7 Å². The highest BCUT2D eigenvalue weighted by Gasteiger charge is 2.32. The maximum Gasteiger partial charge on any atom is 0.227 e. The molecule has 1 fully saturated rings. The van der Waals surface area contributed by atoms with Crippen molar-refractivity contribution in [2.45, 2.75) is 46.5 Å². The summed E-state index contributed by atoms with van der Waals surface area (Å²) in [6, 6.07) is 10.3. The normalized spacial score (nSPS) is 17.9. The molecule has 1 saturated heterocycles. The molecule has 0 radical (unpaired) electrons. The van der Waals surface area contributed by atoms with Crippen molar-refractivity contribution in [3.63, 3.8) is 0 Å². The van der Waals surface area contributed by atoms with Gasteiger partial charge in [-0.05, 0) is 43.5 Å². The molecule has 3 aromatic rings. The summed E-state index contributed by atoms with van der Waals surface area (Å²) in [4.78, 5) is 24.2. The molecular formula is C23H28N4O. The number of fused-ring (bicyclic) bond motifs is 1. The summed E-state index contributed by atoms with van der Waals surface area (Å²) in [5, 5.41) is 0. The van der Waals surface area contributed by atoms with Crippen LogP contribution in [0.25, 0.3) is 17.0 Å². The molecule has 4 rings (SSSR count). The van der Waals surface area contributed by atoms with Crippen LogP contribution in [0.4, 0.5) is 0 Å². The molecule has 0 unspecified atom stereocenters. The maximum absolute atomic E-state index is 12.7. The Hall–Kier alpha value is -2.69. The minimum atomic E-state index is -0.342. The Balaban J connectivity index is 1.63. The van der Waals surface area contributed by atoms with Crippen LogP contribution in [0.15, 0.2) is 42.7 Å². The summed E-state index contributed by atoms with van der Waals surface area (Å²) < 4.78 is 2.09. The monoisotopic (exact) mass is 376 g/mol. The van der Waals surface area contributed by atoms with Crippen LogP contribution in [0, 0.1) is 12.3 Å². The number of hydrogen-bond acceptors (Lipinski definition) is 3. The molecule has 1 aliphatic rings. The first-order chi connectivity index (χ1) is 13.3.